The van der Waals surface area contributed by atoms with Crippen molar-refractivity contribution >= 4 is 17.3 Å². The Bertz CT molecular complexity index is 666. The van der Waals surface area contributed by atoms with Crippen LogP contribution in [0, 0.1) is 6.92 Å². The van der Waals surface area contributed by atoms with Gasteiger partial charge in [-0.3, -0.25) is 4.79 Å². The number of nitrogen functional groups attached to an aromatic ring is 1. The lowest BCUT2D eigenvalue weighted by Crippen LogP contribution is -2.15. The van der Waals surface area contributed by atoms with E-state index in [0.29, 0.717) is 17.0 Å². The van der Waals surface area contributed by atoms with Gasteiger partial charge in [-0.25, -0.2) is 0 Å². The van der Waals surface area contributed by atoms with Crippen LogP contribution in [-0.2, 0) is 6.42 Å². The molecule has 0 saturated carbocycles. The number of aryl methyl sites for hydroxylation is 2. The number of carbonyl (C=O) groups is 1. The van der Waals surface area contributed by atoms with Crippen LogP contribution in [0.15, 0.2) is 36.4 Å². The minimum Gasteiger partial charge on any atom is -0.496 e. The number of methoxy groups -OCH3 is 1. The van der Waals surface area contributed by atoms with Crippen LogP contribution in [0.1, 0.15) is 28.4 Å². The molecule has 0 aromatic heterocycles. The molecule has 1 amide bonds. The van der Waals surface area contributed by atoms with E-state index in [2.05, 4.69) is 12.2 Å². The lowest BCUT2D eigenvalue weighted by molar-refractivity contribution is 0.102. The minimum atomic E-state index is -0.219. The average molecular weight is 284 g/mol. The monoisotopic (exact) mass is 284 g/mol. The standard InChI is InChI=1S/C17H20N2O2/c1-4-12-7-5-6-11(2)16(12)19-17(20)14-10-13(18)8-9-15(14)21-3/h5-10H,4,18H2,1-3H3,(H,19,20). The molecule has 21 heavy (non-hydrogen) atoms. The summed E-state index contributed by atoms with van der Waals surface area (Å²) in [5, 5.41) is 2.97. The van der Waals surface area contributed by atoms with Gasteiger partial charge in [-0.1, -0.05) is 25.1 Å². The Balaban J connectivity index is 2.37. The van der Waals surface area contributed by atoms with E-state index in [1.165, 1.54) is 7.11 Å². The Hall–Kier alpha value is -2.49. The predicted octanol–water partition coefficient (Wildman–Crippen LogP) is 3.40. The maximum absolute atomic E-state index is 12.5. The van der Waals surface area contributed by atoms with E-state index in [9.17, 15) is 4.79 Å². The molecule has 0 saturated heterocycles. The molecule has 3 N–H and O–H groups in total. The van der Waals surface area contributed by atoms with Crippen LogP contribution in [0.5, 0.6) is 5.75 Å². The molecular formula is C17H20N2O2. The first-order chi connectivity index (χ1) is 10.1. The summed E-state index contributed by atoms with van der Waals surface area (Å²) in [5.74, 6) is 0.288. The molecule has 4 heteroatoms. The number of ether oxygens (including phenoxy) is 1. The third-order valence-electron chi connectivity index (χ3n) is 3.45. The van der Waals surface area contributed by atoms with Crippen LogP contribution in [0.2, 0.25) is 0 Å². The number of benzene rings is 2. The van der Waals surface area contributed by atoms with Crippen molar-refractivity contribution in [1.82, 2.24) is 0 Å². The van der Waals surface area contributed by atoms with Crippen LogP contribution in [-0.4, -0.2) is 13.0 Å². The van der Waals surface area contributed by atoms with Crippen molar-refractivity contribution in [1.29, 1.82) is 0 Å². The van der Waals surface area contributed by atoms with Gasteiger partial charge in [-0.15, -0.1) is 0 Å². The van der Waals surface area contributed by atoms with Gasteiger partial charge >= 0.3 is 0 Å². The maximum Gasteiger partial charge on any atom is 0.259 e. The maximum atomic E-state index is 12.5. The number of carbonyl (C=O) groups excluding carboxylic acids is 1. The first kappa shape index (κ1) is 14.9. The van der Waals surface area contributed by atoms with E-state index in [4.69, 9.17) is 10.5 Å². The SMILES string of the molecule is CCc1cccc(C)c1NC(=O)c1cc(N)ccc1OC. The van der Waals surface area contributed by atoms with Gasteiger partial charge in [-0.05, 0) is 42.7 Å². The topological polar surface area (TPSA) is 64.4 Å². The van der Waals surface area contributed by atoms with Gasteiger partial charge in [0.05, 0.1) is 12.7 Å². The number of amides is 1. The summed E-state index contributed by atoms with van der Waals surface area (Å²) in [6, 6.07) is 11.0. The summed E-state index contributed by atoms with van der Waals surface area (Å²) >= 11 is 0. The van der Waals surface area contributed by atoms with E-state index >= 15 is 0 Å². The Morgan fingerprint density at radius 3 is 2.71 bits per heavy atom. The van der Waals surface area contributed by atoms with Crippen molar-refractivity contribution in [2.24, 2.45) is 0 Å². The molecule has 2 rings (SSSR count). The fourth-order valence-corrected chi connectivity index (χ4v) is 2.29. The number of rotatable bonds is 4. The largest absolute Gasteiger partial charge is 0.496 e. The first-order valence-electron chi connectivity index (χ1n) is 6.90. The van der Waals surface area contributed by atoms with E-state index < -0.39 is 0 Å². The zero-order valence-corrected chi connectivity index (χ0v) is 12.6. The van der Waals surface area contributed by atoms with Crippen LogP contribution in [0.25, 0.3) is 0 Å². The molecular weight excluding hydrogens is 264 g/mol. The molecule has 2 aromatic carbocycles. The quantitative estimate of drug-likeness (QED) is 0.846. The number of para-hydroxylation sites is 1. The van der Waals surface area contributed by atoms with E-state index in [1.54, 1.807) is 18.2 Å². The molecule has 0 unspecified atom stereocenters. The number of nitrogens with one attached hydrogen (secondary N) is 1. The molecule has 4 nitrogen and oxygen atoms in total. The Kier molecular flexibility index (Phi) is 4.48. The summed E-state index contributed by atoms with van der Waals surface area (Å²) in [6.45, 7) is 4.04. The third-order valence-corrected chi connectivity index (χ3v) is 3.45. The Morgan fingerprint density at radius 2 is 2.05 bits per heavy atom. The van der Waals surface area contributed by atoms with Gasteiger partial charge < -0.3 is 15.8 Å². The van der Waals surface area contributed by atoms with Crippen LogP contribution < -0.4 is 15.8 Å². The van der Waals surface area contributed by atoms with Crippen molar-refractivity contribution in [3.8, 4) is 5.75 Å². The average Bonchev–Trinajstić information content (AvgIpc) is 2.49. The normalized spacial score (nSPS) is 10.2. The molecule has 110 valence electrons. The lowest BCUT2D eigenvalue weighted by Gasteiger charge is -2.14. The van der Waals surface area contributed by atoms with Crippen molar-refractivity contribution in [2.45, 2.75) is 20.3 Å². The number of nitrogens with two attached hydrogens (primary N) is 1. The zero-order chi connectivity index (χ0) is 15.4. The fraction of sp³-hybridized carbons (Fsp3) is 0.235. The van der Waals surface area contributed by atoms with Crippen molar-refractivity contribution in [2.75, 3.05) is 18.2 Å². The summed E-state index contributed by atoms with van der Waals surface area (Å²) in [5.41, 5.74) is 9.72. The fourth-order valence-electron chi connectivity index (χ4n) is 2.29. The smallest absolute Gasteiger partial charge is 0.259 e. The molecule has 0 fully saturated rings. The van der Waals surface area contributed by atoms with Gasteiger partial charge in [-0.2, -0.15) is 0 Å². The van der Waals surface area contributed by atoms with Crippen LogP contribution in [0.3, 0.4) is 0 Å². The second-order valence-electron chi connectivity index (χ2n) is 4.88. The van der Waals surface area contributed by atoms with E-state index in [1.807, 2.05) is 25.1 Å². The number of anilines is 2. The Labute approximate surface area is 124 Å². The summed E-state index contributed by atoms with van der Waals surface area (Å²) < 4.78 is 5.23. The highest BCUT2D eigenvalue weighted by atomic mass is 16.5. The minimum absolute atomic E-state index is 0.219. The zero-order valence-electron chi connectivity index (χ0n) is 12.6. The van der Waals surface area contributed by atoms with E-state index in [-0.39, 0.29) is 5.91 Å². The molecule has 0 radical (unpaired) electrons. The molecule has 0 aliphatic rings. The van der Waals surface area contributed by atoms with Gasteiger partial charge in [0, 0.05) is 11.4 Å². The predicted molar refractivity (Wildman–Crippen MR) is 85.9 cm³/mol. The summed E-state index contributed by atoms with van der Waals surface area (Å²) in [6.07, 6.45) is 0.853. The molecule has 0 aliphatic heterocycles. The second-order valence-corrected chi connectivity index (χ2v) is 4.88. The molecule has 0 spiro atoms. The third kappa shape index (κ3) is 3.16. The summed E-state index contributed by atoms with van der Waals surface area (Å²) in [4.78, 5) is 12.5. The second kappa shape index (κ2) is 6.31. The van der Waals surface area contributed by atoms with Gasteiger partial charge in [0.15, 0.2) is 0 Å². The van der Waals surface area contributed by atoms with Crippen LogP contribution >= 0.6 is 0 Å². The molecule has 0 bridgehead atoms. The highest BCUT2D eigenvalue weighted by Crippen LogP contribution is 2.25. The molecule has 0 atom stereocenters. The highest BCUT2D eigenvalue weighted by molar-refractivity contribution is 6.07. The highest BCUT2D eigenvalue weighted by Gasteiger charge is 2.15. The van der Waals surface area contributed by atoms with Crippen molar-refractivity contribution < 1.29 is 9.53 Å². The Morgan fingerprint density at radius 1 is 1.29 bits per heavy atom. The molecule has 0 aliphatic carbocycles. The first-order valence-corrected chi connectivity index (χ1v) is 6.90. The van der Waals surface area contributed by atoms with E-state index in [0.717, 1.165) is 23.2 Å². The van der Waals surface area contributed by atoms with Crippen molar-refractivity contribution in [3.05, 3.63) is 53.1 Å². The van der Waals surface area contributed by atoms with Gasteiger partial charge in [0.25, 0.3) is 5.91 Å². The van der Waals surface area contributed by atoms with Gasteiger partial charge in [0.2, 0.25) is 0 Å². The summed E-state index contributed by atoms with van der Waals surface area (Å²) in [7, 11) is 1.54. The number of hydrogen-bond donors (Lipinski definition) is 2. The van der Waals surface area contributed by atoms with Gasteiger partial charge in [0.1, 0.15) is 5.75 Å². The van der Waals surface area contributed by atoms with Crippen LogP contribution in [0.4, 0.5) is 11.4 Å². The molecule has 0 heterocycles. The number of hydrogen-bond acceptors (Lipinski definition) is 3. The lowest BCUT2D eigenvalue weighted by atomic mass is 10.0. The molecule has 2 aromatic rings. The van der Waals surface area contributed by atoms with Crippen molar-refractivity contribution in [3.63, 3.8) is 0 Å².